The molecule has 0 aromatic rings. The fourth-order valence-electron chi connectivity index (χ4n) is 3.17. The molecule has 0 saturated carbocycles. The Hall–Kier alpha value is -0.610. The van der Waals surface area contributed by atoms with Crippen LogP contribution in [-0.4, -0.2) is 49.2 Å². The van der Waals surface area contributed by atoms with Crippen LogP contribution in [0.2, 0.25) is 0 Å². The van der Waals surface area contributed by atoms with Gasteiger partial charge in [0.15, 0.2) is 0 Å². The van der Waals surface area contributed by atoms with Crippen LogP contribution in [0.25, 0.3) is 0 Å². The number of methoxy groups -OCH3 is 1. The van der Waals surface area contributed by atoms with Gasteiger partial charge in [-0.3, -0.25) is 15.0 Å². The molecule has 0 radical (unpaired) electrons. The lowest BCUT2D eigenvalue weighted by Gasteiger charge is -2.27. The Balaban J connectivity index is 1.96. The van der Waals surface area contributed by atoms with E-state index in [1.54, 1.807) is 0 Å². The van der Waals surface area contributed by atoms with Gasteiger partial charge in [-0.25, -0.2) is 0 Å². The molecular weight excluding hydrogens is 216 g/mol. The Morgan fingerprint density at radius 2 is 2.12 bits per heavy atom. The lowest BCUT2D eigenvalue weighted by Crippen LogP contribution is -2.50. The Bertz CT molecular complexity index is 281. The molecule has 4 heteroatoms. The van der Waals surface area contributed by atoms with E-state index in [0.29, 0.717) is 12.1 Å². The van der Waals surface area contributed by atoms with Crippen LogP contribution in [0, 0.1) is 5.92 Å². The summed E-state index contributed by atoms with van der Waals surface area (Å²) in [5, 5.41) is 3.52. The van der Waals surface area contributed by atoms with E-state index in [1.807, 2.05) is 0 Å². The highest BCUT2D eigenvalue weighted by molar-refractivity contribution is 5.76. The minimum atomic E-state index is -0.162. The second kappa shape index (κ2) is 5.36. The van der Waals surface area contributed by atoms with E-state index in [0.717, 1.165) is 6.42 Å². The number of hydrogen-bond acceptors (Lipinski definition) is 4. The Labute approximate surface area is 104 Å². The molecule has 0 aromatic carbocycles. The normalized spacial score (nSPS) is 30.6. The fraction of sp³-hybridized carbons (Fsp3) is 0.923. The van der Waals surface area contributed by atoms with Crippen molar-refractivity contribution in [3.05, 3.63) is 0 Å². The van der Waals surface area contributed by atoms with Crippen molar-refractivity contribution in [3.63, 3.8) is 0 Å². The summed E-state index contributed by atoms with van der Waals surface area (Å²) in [6.07, 6.45) is 3.72. The number of fused-ring (bicyclic) bond motifs is 1. The highest BCUT2D eigenvalue weighted by Gasteiger charge is 2.39. The van der Waals surface area contributed by atoms with E-state index in [1.165, 1.54) is 33.0 Å². The first-order valence-electron chi connectivity index (χ1n) is 6.71. The van der Waals surface area contributed by atoms with Gasteiger partial charge < -0.3 is 4.74 Å². The molecule has 0 bridgehead atoms. The van der Waals surface area contributed by atoms with Crippen molar-refractivity contribution in [3.8, 4) is 0 Å². The zero-order valence-electron chi connectivity index (χ0n) is 11.1. The molecule has 3 unspecified atom stereocenters. The zero-order valence-corrected chi connectivity index (χ0v) is 11.1. The third kappa shape index (κ3) is 2.63. The van der Waals surface area contributed by atoms with Crippen LogP contribution in [0.1, 0.15) is 33.1 Å². The predicted octanol–water partition coefficient (Wildman–Crippen LogP) is 1.01. The highest BCUT2D eigenvalue weighted by atomic mass is 16.5. The van der Waals surface area contributed by atoms with Crippen molar-refractivity contribution in [2.75, 3.05) is 20.2 Å². The molecule has 2 heterocycles. The Kier molecular flexibility index (Phi) is 4.05. The number of nitrogens with zero attached hydrogens (tertiary/aromatic N) is 1. The van der Waals surface area contributed by atoms with E-state index < -0.39 is 0 Å². The molecule has 0 amide bonds. The Morgan fingerprint density at radius 1 is 1.35 bits per heavy atom. The summed E-state index contributed by atoms with van der Waals surface area (Å²) in [6, 6.07) is 0.940. The maximum Gasteiger partial charge on any atom is 0.323 e. The zero-order chi connectivity index (χ0) is 12.4. The molecule has 0 aliphatic carbocycles. The van der Waals surface area contributed by atoms with Crippen molar-refractivity contribution in [1.29, 1.82) is 0 Å². The molecule has 98 valence electrons. The van der Waals surface area contributed by atoms with Gasteiger partial charge in [-0.05, 0) is 31.7 Å². The number of ether oxygens (including phenoxy) is 1. The largest absolute Gasteiger partial charge is 0.468 e. The van der Waals surface area contributed by atoms with Crippen LogP contribution in [0.3, 0.4) is 0 Å². The lowest BCUT2D eigenvalue weighted by molar-refractivity contribution is -0.144. The van der Waals surface area contributed by atoms with Crippen molar-refractivity contribution >= 4 is 5.97 Å². The summed E-state index contributed by atoms with van der Waals surface area (Å²) >= 11 is 0. The quantitative estimate of drug-likeness (QED) is 0.745. The van der Waals surface area contributed by atoms with Crippen molar-refractivity contribution in [2.24, 2.45) is 5.92 Å². The summed E-state index contributed by atoms with van der Waals surface area (Å²) in [6.45, 7) is 6.54. The van der Waals surface area contributed by atoms with Gasteiger partial charge in [0.1, 0.15) is 6.04 Å². The van der Waals surface area contributed by atoms with Gasteiger partial charge in [0.25, 0.3) is 0 Å². The van der Waals surface area contributed by atoms with Crippen LogP contribution in [-0.2, 0) is 9.53 Å². The van der Waals surface area contributed by atoms with Crippen molar-refractivity contribution in [2.45, 2.75) is 51.2 Å². The maximum absolute atomic E-state index is 11.7. The van der Waals surface area contributed by atoms with Crippen LogP contribution >= 0.6 is 0 Å². The van der Waals surface area contributed by atoms with Gasteiger partial charge in [-0.15, -0.1) is 0 Å². The summed E-state index contributed by atoms with van der Waals surface area (Å²) in [5.41, 5.74) is 0. The molecule has 2 rings (SSSR count). The number of hydrogen-bond donors (Lipinski definition) is 1. The average molecular weight is 240 g/mol. The van der Waals surface area contributed by atoms with Gasteiger partial charge in [0.05, 0.1) is 7.11 Å². The monoisotopic (exact) mass is 240 g/mol. The molecule has 1 N–H and O–H groups in total. The molecule has 4 nitrogen and oxygen atoms in total. The minimum absolute atomic E-state index is 0.128. The summed E-state index contributed by atoms with van der Waals surface area (Å²) in [4.78, 5) is 14.3. The molecule has 2 saturated heterocycles. The van der Waals surface area contributed by atoms with Crippen LogP contribution in [0.4, 0.5) is 0 Å². The second-order valence-corrected chi connectivity index (χ2v) is 5.55. The second-order valence-electron chi connectivity index (χ2n) is 5.55. The molecule has 0 aromatic heterocycles. The topological polar surface area (TPSA) is 41.6 Å². The lowest BCUT2D eigenvalue weighted by atomic mass is 10.00. The molecule has 17 heavy (non-hydrogen) atoms. The molecule has 2 aliphatic rings. The highest BCUT2D eigenvalue weighted by Crippen LogP contribution is 2.28. The maximum atomic E-state index is 11.7. The van der Waals surface area contributed by atoms with Gasteiger partial charge in [0.2, 0.25) is 0 Å². The standard InChI is InChI=1S/C13H24N2O2/c1-9(2)12(13(16)17-3)14-10-6-8-15-7-4-5-11(10)15/h9-12,14H,4-8H2,1-3H3. The first-order chi connectivity index (χ1) is 8.13. The number of carbonyl (C=O) groups is 1. The van der Waals surface area contributed by atoms with E-state index in [-0.39, 0.29) is 17.9 Å². The molecular formula is C13H24N2O2. The van der Waals surface area contributed by atoms with E-state index in [4.69, 9.17) is 4.74 Å². The third-order valence-corrected chi connectivity index (χ3v) is 4.12. The van der Waals surface area contributed by atoms with Crippen LogP contribution in [0.15, 0.2) is 0 Å². The van der Waals surface area contributed by atoms with E-state index in [2.05, 4.69) is 24.1 Å². The van der Waals surface area contributed by atoms with Crippen molar-refractivity contribution in [1.82, 2.24) is 10.2 Å². The Morgan fingerprint density at radius 3 is 2.76 bits per heavy atom. The van der Waals surface area contributed by atoms with E-state index >= 15 is 0 Å². The third-order valence-electron chi connectivity index (χ3n) is 4.12. The fourth-order valence-corrected chi connectivity index (χ4v) is 3.17. The average Bonchev–Trinajstić information content (AvgIpc) is 2.87. The first-order valence-corrected chi connectivity index (χ1v) is 6.71. The number of esters is 1. The number of rotatable bonds is 4. The number of carbonyl (C=O) groups excluding carboxylic acids is 1. The molecule has 3 atom stereocenters. The van der Waals surface area contributed by atoms with Crippen LogP contribution < -0.4 is 5.32 Å². The van der Waals surface area contributed by atoms with Gasteiger partial charge in [-0.1, -0.05) is 13.8 Å². The van der Waals surface area contributed by atoms with Crippen LogP contribution in [0.5, 0.6) is 0 Å². The van der Waals surface area contributed by atoms with Crippen molar-refractivity contribution < 1.29 is 9.53 Å². The number of nitrogens with one attached hydrogen (secondary N) is 1. The SMILES string of the molecule is COC(=O)C(NC1CCN2CCCC12)C(C)C. The van der Waals surface area contributed by atoms with Gasteiger partial charge in [0, 0.05) is 18.6 Å². The van der Waals surface area contributed by atoms with Gasteiger partial charge >= 0.3 is 5.97 Å². The first kappa shape index (κ1) is 12.8. The van der Waals surface area contributed by atoms with Gasteiger partial charge in [-0.2, -0.15) is 0 Å². The molecule has 0 spiro atoms. The van der Waals surface area contributed by atoms with E-state index in [9.17, 15) is 4.79 Å². The minimum Gasteiger partial charge on any atom is -0.468 e. The predicted molar refractivity (Wildman–Crippen MR) is 66.8 cm³/mol. The molecule has 2 fully saturated rings. The summed E-state index contributed by atoms with van der Waals surface area (Å²) in [7, 11) is 1.47. The molecule has 2 aliphatic heterocycles. The smallest absolute Gasteiger partial charge is 0.323 e. The summed E-state index contributed by atoms with van der Waals surface area (Å²) in [5.74, 6) is 0.148. The summed E-state index contributed by atoms with van der Waals surface area (Å²) < 4.78 is 4.88.